The number of halogens is 1. The van der Waals surface area contributed by atoms with Crippen LogP contribution in [0.2, 0.25) is 0 Å². The van der Waals surface area contributed by atoms with Gasteiger partial charge in [0.15, 0.2) is 5.65 Å². The number of fused-ring (bicyclic) bond motifs is 2. The Hall–Kier alpha value is -3.29. The summed E-state index contributed by atoms with van der Waals surface area (Å²) in [5, 5.41) is 13.0. The number of ether oxygens (including phenoxy) is 1. The second-order valence-corrected chi connectivity index (χ2v) is 7.92. The van der Waals surface area contributed by atoms with Crippen molar-refractivity contribution in [1.29, 1.82) is 0 Å². The van der Waals surface area contributed by atoms with Gasteiger partial charge in [0.1, 0.15) is 23.7 Å². The van der Waals surface area contributed by atoms with Crippen LogP contribution in [-0.4, -0.2) is 36.0 Å². The lowest BCUT2D eigenvalue weighted by Crippen LogP contribution is -2.06. The van der Waals surface area contributed by atoms with Crippen molar-refractivity contribution in [2.24, 2.45) is 0 Å². The van der Waals surface area contributed by atoms with E-state index in [0.717, 1.165) is 46.0 Å². The predicted octanol–water partition coefficient (Wildman–Crippen LogP) is 3.74. The molecule has 4 heterocycles. The van der Waals surface area contributed by atoms with Crippen molar-refractivity contribution in [3.8, 4) is 16.9 Å². The van der Waals surface area contributed by atoms with Gasteiger partial charge in [0, 0.05) is 48.0 Å². The van der Waals surface area contributed by atoms with E-state index in [9.17, 15) is 4.39 Å². The number of nitrogens with zero attached hydrogens (tertiary/aromatic N) is 6. The van der Waals surface area contributed by atoms with Crippen LogP contribution in [-0.2, 0) is 19.3 Å². The second-order valence-electron chi connectivity index (χ2n) is 7.92. The summed E-state index contributed by atoms with van der Waals surface area (Å²) in [5.74, 6) is 1.40. The average Bonchev–Trinajstić information content (AvgIpc) is 3.46. The highest BCUT2D eigenvalue weighted by atomic mass is 19.1. The third-order valence-corrected chi connectivity index (χ3v) is 5.68. The molecule has 0 fully saturated rings. The number of aromatic nitrogens is 6. The normalized spacial score (nSPS) is 13.2. The summed E-state index contributed by atoms with van der Waals surface area (Å²) in [6.45, 7) is 6.77. The van der Waals surface area contributed by atoms with E-state index in [4.69, 9.17) is 4.74 Å². The molecule has 0 atom stereocenters. The van der Waals surface area contributed by atoms with Crippen molar-refractivity contribution in [3.63, 3.8) is 0 Å². The van der Waals surface area contributed by atoms with Gasteiger partial charge in [0.05, 0.1) is 12.3 Å². The highest BCUT2D eigenvalue weighted by molar-refractivity contribution is 5.77. The largest absolute Gasteiger partial charge is 0.493 e. The van der Waals surface area contributed by atoms with Crippen LogP contribution < -0.4 is 4.74 Å². The number of hydrogen-bond acceptors (Lipinski definition) is 5. The first-order valence-corrected chi connectivity index (χ1v) is 10.2. The Morgan fingerprint density at radius 1 is 1.20 bits per heavy atom. The Kier molecular flexibility index (Phi) is 4.49. The Morgan fingerprint density at radius 3 is 2.87 bits per heavy atom. The fourth-order valence-corrected chi connectivity index (χ4v) is 4.07. The van der Waals surface area contributed by atoms with E-state index in [2.05, 4.69) is 34.1 Å². The van der Waals surface area contributed by atoms with E-state index in [-0.39, 0.29) is 11.9 Å². The molecule has 0 N–H and O–H groups in total. The van der Waals surface area contributed by atoms with Gasteiger partial charge in [-0.1, -0.05) is 0 Å². The molecule has 4 aromatic rings. The van der Waals surface area contributed by atoms with Crippen molar-refractivity contribution >= 4 is 5.65 Å². The van der Waals surface area contributed by atoms with Crippen LogP contribution in [0.5, 0.6) is 5.75 Å². The summed E-state index contributed by atoms with van der Waals surface area (Å²) in [4.78, 5) is 4.68. The van der Waals surface area contributed by atoms with E-state index in [0.29, 0.717) is 25.0 Å². The summed E-state index contributed by atoms with van der Waals surface area (Å²) in [7, 11) is 0. The summed E-state index contributed by atoms with van der Waals surface area (Å²) < 4.78 is 23.9. The van der Waals surface area contributed by atoms with Gasteiger partial charge in [-0.25, -0.2) is 9.37 Å². The number of aryl methyl sites for hydroxylation is 2. The van der Waals surface area contributed by atoms with Gasteiger partial charge in [-0.3, -0.25) is 9.08 Å². The van der Waals surface area contributed by atoms with Gasteiger partial charge in [-0.05, 0) is 44.9 Å². The van der Waals surface area contributed by atoms with Crippen LogP contribution in [0.15, 0.2) is 30.9 Å². The molecular formula is C22H23FN6O. The van der Waals surface area contributed by atoms with Crippen LogP contribution in [0.3, 0.4) is 0 Å². The molecule has 1 aromatic carbocycles. The number of benzene rings is 1. The summed E-state index contributed by atoms with van der Waals surface area (Å²) in [6.07, 6.45) is 7.37. The molecule has 1 aliphatic heterocycles. The first kappa shape index (κ1) is 18.7. The van der Waals surface area contributed by atoms with Gasteiger partial charge in [0.2, 0.25) is 0 Å². The minimum absolute atomic E-state index is 0.187. The highest BCUT2D eigenvalue weighted by Gasteiger charge is 2.21. The Bertz CT molecular complexity index is 1240. The van der Waals surface area contributed by atoms with Gasteiger partial charge < -0.3 is 4.74 Å². The Balaban J connectivity index is 1.49. The van der Waals surface area contributed by atoms with Crippen molar-refractivity contribution in [2.75, 3.05) is 6.61 Å². The molecule has 5 rings (SSSR count). The summed E-state index contributed by atoms with van der Waals surface area (Å²) in [6, 6.07) is 3.47. The molecule has 7 nitrogen and oxygen atoms in total. The quantitative estimate of drug-likeness (QED) is 0.505. The minimum atomic E-state index is -0.187. The topological polar surface area (TPSA) is 70.1 Å². The summed E-state index contributed by atoms with van der Waals surface area (Å²) >= 11 is 0. The predicted molar refractivity (Wildman–Crippen MR) is 110 cm³/mol. The van der Waals surface area contributed by atoms with E-state index in [1.807, 2.05) is 28.4 Å². The molecule has 1 aliphatic rings. The van der Waals surface area contributed by atoms with Gasteiger partial charge >= 0.3 is 0 Å². The van der Waals surface area contributed by atoms with Crippen LogP contribution in [0.1, 0.15) is 42.5 Å². The maximum Gasteiger partial charge on any atom is 0.171 e. The molecule has 0 radical (unpaired) electrons. The molecular weight excluding hydrogens is 383 g/mol. The molecule has 0 saturated carbocycles. The van der Waals surface area contributed by atoms with Gasteiger partial charge in [-0.15, -0.1) is 10.2 Å². The standard InChI is InChI=1S/C22H23FN6O/c1-13(2)29-11-18(14(3)27-29)17-10-24-21(28-12-25-26-22(17)28)7-4-15-16-8-9-30-20(16)6-5-19(15)23/h5-6,10-13H,4,7-9H2,1-3H3. The minimum Gasteiger partial charge on any atom is -0.493 e. The van der Waals surface area contributed by atoms with Crippen molar-refractivity contribution < 1.29 is 9.13 Å². The molecule has 154 valence electrons. The lowest BCUT2D eigenvalue weighted by Gasteiger charge is -2.10. The zero-order valence-corrected chi connectivity index (χ0v) is 17.3. The van der Waals surface area contributed by atoms with E-state index in [1.165, 1.54) is 6.07 Å². The average molecular weight is 406 g/mol. The highest BCUT2D eigenvalue weighted by Crippen LogP contribution is 2.31. The lowest BCUT2D eigenvalue weighted by atomic mass is 10.00. The van der Waals surface area contributed by atoms with E-state index < -0.39 is 0 Å². The molecule has 0 aliphatic carbocycles. The van der Waals surface area contributed by atoms with Crippen LogP contribution in [0.25, 0.3) is 16.8 Å². The smallest absolute Gasteiger partial charge is 0.171 e. The number of hydrogen-bond donors (Lipinski definition) is 0. The first-order valence-electron chi connectivity index (χ1n) is 10.2. The maximum atomic E-state index is 14.5. The van der Waals surface area contributed by atoms with Crippen molar-refractivity contribution in [2.45, 2.75) is 46.1 Å². The van der Waals surface area contributed by atoms with Crippen LogP contribution >= 0.6 is 0 Å². The maximum absolute atomic E-state index is 14.5. The zero-order valence-electron chi connectivity index (χ0n) is 17.3. The molecule has 0 amide bonds. The molecule has 0 unspecified atom stereocenters. The Morgan fingerprint density at radius 2 is 2.07 bits per heavy atom. The van der Waals surface area contributed by atoms with Crippen molar-refractivity contribution in [3.05, 3.63) is 59.3 Å². The van der Waals surface area contributed by atoms with Crippen LogP contribution in [0.4, 0.5) is 4.39 Å². The summed E-state index contributed by atoms with van der Waals surface area (Å²) in [5.41, 5.74) is 5.22. The SMILES string of the molecule is Cc1nn(C(C)C)cc1-c1cnc(CCc2c(F)ccc3c2CCO3)n2cnnc12. The fraction of sp³-hybridized carbons (Fsp3) is 0.364. The third kappa shape index (κ3) is 3.03. The molecule has 0 spiro atoms. The molecule has 8 heteroatoms. The molecule has 0 saturated heterocycles. The van der Waals surface area contributed by atoms with Gasteiger partial charge in [-0.2, -0.15) is 5.10 Å². The molecule has 3 aromatic heterocycles. The first-order chi connectivity index (χ1) is 14.5. The van der Waals surface area contributed by atoms with E-state index >= 15 is 0 Å². The Labute approximate surface area is 173 Å². The van der Waals surface area contributed by atoms with Gasteiger partial charge in [0.25, 0.3) is 0 Å². The fourth-order valence-electron chi connectivity index (χ4n) is 4.07. The van der Waals surface area contributed by atoms with E-state index in [1.54, 1.807) is 12.4 Å². The zero-order chi connectivity index (χ0) is 20.8. The van der Waals surface area contributed by atoms with Crippen LogP contribution in [0, 0.1) is 12.7 Å². The second kappa shape index (κ2) is 7.19. The molecule has 0 bridgehead atoms. The van der Waals surface area contributed by atoms with Crippen molar-refractivity contribution in [1.82, 2.24) is 29.4 Å². The number of rotatable bonds is 5. The monoisotopic (exact) mass is 406 g/mol. The molecule has 30 heavy (non-hydrogen) atoms. The third-order valence-electron chi connectivity index (χ3n) is 5.68. The lowest BCUT2D eigenvalue weighted by molar-refractivity contribution is 0.356.